The van der Waals surface area contributed by atoms with Gasteiger partial charge < -0.3 is 10.5 Å². The number of nitriles is 1. The van der Waals surface area contributed by atoms with Gasteiger partial charge in [0.1, 0.15) is 5.75 Å². The van der Waals surface area contributed by atoms with Crippen molar-refractivity contribution in [3.63, 3.8) is 0 Å². The van der Waals surface area contributed by atoms with Crippen LogP contribution in [0.3, 0.4) is 0 Å². The summed E-state index contributed by atoms with van der Waals surface area (Å²) in [5.74, 6) is 0.915. The third kappa shape index (κ3) is 4.77. The standard InChI is InChI=1S/C15H22N2O/c1-15(2,12-17)9-5-11-18-14-7-4-3-6-13(14)8-10-16/h3-4,6-7H,5,8-11,16H2,1-2H3. The Kier molecular flexibility index (Phi) is 5.67. The maximum Gasteiger partial charge on any atom is 0.122 e. The monoisotopic (exact) mass is 246 g/mol. The van der Waals surface area contributed by atoms with E-state index < -0.39 is 0 Å². The molecule has 0 aliphatic carbocycles. The SMILES string of the molecule is CC(C)(C#N)CCCOc1ccccc1CCN. The minimum atomic E-state index is -0.264. The minimum Gasteiger partial charge on any atom is -0.493 e. The fourth-order valence-corrected chi connectivity index (χ4v) is 1.76. The summed E-state index contributed by atoms with van der Waals surface area (Å²) in [5, 5.41) is 8.92. The molecule has 0 amide bonds. The second-order valence-electron chi connectivity index (χ2n) is 5.09. The van der Waals surface area contributed by atoms with Gasteiger partial charge >= 0.3 is 0 Å². The Hall–Kier alpha value is -1.53. The van der Waals surface area contributed by atoms with Crippen molar-refractivity contribution in [3.8, 4) is 11.8 Å². The summed E-state index contributed by atoms with van der Waals surface area (Å²) in [4.78, 5) is 0. The summed E-state index contributed by atoms with van der Waals surface area (Å²) in [7, 11) is 0. The molecule has 0 aliphatic heterocycles. The predicted octanol–water partition coefficient (Wildman–Crippen LogP) is 2.90. The van der Waals surface area contributed by atoms with E-state index in [1.807, 2.05) is 38.1 Å². The van der Waals surface area contributed by atoms with Gasteiger partial charge in [-0.3, -0.25) is 0 Å². The lowest BCUT2D eigenvalue weighted by atomic mass is 9.90. The van der Waals surface area contributed by atoms with Crippen LogP contribution in [-0.2, 0) is 6.42 Å². The average Bonchev–Trinajstić information content (AvgIpc) is 2.37. The number of nitrogens with zero attached hydrogens (tertiary/aromatic N) is 1. The quantitative estimate of drug-likeness (QED) is 0.752. The molecule has 0 aliphatic rings. The Morgan fingerprint density at radius 3 is 2.72 bits per heavy atom. The second kappa shape index (κ2) is 7.03. The van der Waals surface area contributed by atoms with E-state index in [1.54, 1.807) is 0 Å². The lowest BCUT2D eigenvalue weighted by Crippen LogP contribution is -2.11. The van der Waals surface area contributed by atoms with Crippen molar-refractivity contribution in [1.82, 2.24) is 0 Å². The molecule has 3 nitrogen and oxygen atoms in total. The van der Waals surface area contributed by atoms with Crippen molar-refractivity contribution in [2.45, 2.75) is 33.1 Å². The Bertz CT molecular complexity index is 407. The number of nitrogens with two attached hydrogens (primary N) is 1. The van der Waals surface area contributed by atoms with Gasteiger partial charge in [-0.1, -0.05) is 18.2 Å². The van der Waals surface area contributed by atoms with E-state index in [4.69, 9.17) is 15.7 Å². The third-order valence-electron chi connectivity index (χ3n) is 2.89. The van der Waals surface area contributed by atoms with Gasteiger partial charge in [-0.25, -0.2) is 0 Å². The van der Waals surface area contributed by atoms with Crippen LogP contribution in [0.25, 0.3) is 0 Å². The minimum absolute atomic E-state index is 0.264. The number of hydrogen-bond acceptors (Lipinski definition) is 3. The van der Waals surface area contributed by atoms with Crippen molar-refractivity contribution in [1.29, 1.82) is 5.26 Å². The molecule has 0 radical (unpaired) electrons. The topological polar surface area (TPSA) is 59.0 Å². The van der Waals surface area contributed by atoms with Crippen LogP contribution >= 0.6 is 0 Å². The molecule has 1 rings (SSSR count). The molecule has 98 valence electrons. The Morgan fingerprint density at radius 1 is 1.33 bits per heavy atom. The summed E-state index contributed by atoms with van der Waals surface area (Å²) < 4.78 is 5.76. The van der Waals surface area contributed by atoms with Gasteiger partial charge in [-0.15, -0.1) is 0 Å². The molecular weight excluding hydrogens is 224 g/mol. The molecule has 0 atom stereocenters. The van der Waals surface area contributed by atoms with E-state index in [-0.39, 0.29) is 5.41 Å². The number of benzene rings is 1. The molecule has 0 heterocycles. The molecule has 1 aromatic carbocycles. The first-order valence-corrected chi connectivity index (χ1v) is 6.41. The largest absolute Gasteiger partial charge is 0.493 e. The van der Waals surface area contributed by atoms with E-state index in [1.165, 1.54) is 0 Å². The van der Waals surface area contributed by atoms with E-state index in [0.29, 0.717) is 13.2 Å². The van der Waals surface area contributed by atoms with Crippen LogP contribution in [0.5, 0.6) is 5.75 Å². The van der Waals surface area contributed by atoms with Crippen molar-refractivity contribution in [3.05, 3.63) is 29.8 Å². The molecule has 0 aromatic heterocycles. The number of ether oxygens (including phenoxy) is 1. The van der Waals surface area contributed by atoms with Crippen molar-refractivity contribution in [2.24, 2.45) is 11.1 Å². The van der Waals surface area contributed by atoms with E-state index in [2.05, 4.69) is 6.07 Å². The first-order chi connectivity index (χ1) is 8.59. The predicted molar refractivity (Wildman–Crippen MR) is 73.3 cm³/mol. The molecule has 1 aromatic rings. The highest BCUT2D eigenvalue weighted by Gasteiger charge is 2.15. The molecule has 3 heteroatoms. The maximum absolute atomic E-state index is 8.92. The average molecular weight is 246 g/mol. The number of rotatable bonds is 7. The molecule has 18 heavy (non-hydrogen) atoms. The molecular formula is C15H22N2O. The molecule has 0 spiro atoms. The fraction of sp³-hybridized carbons (Fsp3) is 0.533. The zero-order chi connectivity index (χ0) is 13.4. The Morgan fingerprint density at radius 2 is 2.06 bits per heavy atom. The van der Waals surface area contributed by atoms with E-state index in [9.17, 15) is 0 Å². The smallest absolute Gasteiger partial charge is 0.122 e. The van der Waals surface area contributed by atoms with Crippen LogP contribution in [0.15, 0.2) is 24.3 Å². The summed E-state index contributed by atoms with van der Waals surface area (Å²) in [6.07, 6.45) is 2.57. The van der Waals surface area contributed by atoms with Gasteiger partial charge in [-0.05, 0) is 51.3 Å². The summed E-state index contributed by atoms with van der Waals surface area (Å²) in [6.45, 7) is 5.18. The van der Waals surface area contributed by atoms with Gasteiger partial charge in [0.25, 0.3) is 0 Å². The Balaban J connectivity index is 2.42. The third-order valence-corrected chi connectivity index (χ3v) is 2.89. The van der Waals surface area contributed by atoms with Gasteiger partial charge in [-0.2, -0.15) is 5.26 Å². The summed E-state index contributed by atoms with van der Waals surface area (Å²) >= 11 is 0. The highest BCUT2D eigenvalue weighted by molar-refractivity contribution is 5.33. The molecule has 0 saturated heterocycles. The number of para-hydroxylation sites is 1. The highest BCUT2D eigenvalue weighted by Crippen LogP contribution is 2.22. The summed E-state index contributed by atoms with van der Waals surface area (Å²) in [5.41, 5.74) is 6.46. The molecule has 0 unspecified atom stereocenters. The first kappa shape index (κ1) is 14.5. The van der Waals surface area contributed by atoms with Crippen molar-refractivity contribution >= 4 is 0 Å². The van der Waals surface area contributed by atoms with Crippen LogP contribution in [0.1, 0.15) is 32.3 Å². The van der Waals surface area contributed by atoms with Crippen molar-refractivity contribution < 1.29 is 4.74 Å². The maximum atomic E-state index is 8.92. The zero-order valence-corrected chi connectivity index (χ0v) is 11.3. The van der Waals surface area contributed by atoms with Crippen LogP contribution in [0.4, 0.5) is 0 Å². The lowest BCUT2D eigenvalue weighted by molar-refractivity contribution is 0.282. The van der Waals surface area contributed by atoms with Gasteiger partial charge in [0.2, 0.25) is 0 Å². The zero-order valence-electron chi connectivity index (χ0n) is 11.3. The molecule has 0 fully saturated rings. The van der Waals surface area contributed by atoms with Gasteiger partial charge in [0, 0.05) is 0 Å². The summed E-state index contributed by atoms with van der Waals surface area (Å²) in [6, 6.07) is 10.3. The second-order valence-corrected chi connectivity index (χ2v) is 5.09. The normalized spacial score (nSPS) is 11.0. The molecule has 0 bridgehead atoms. The van der Waals surface area contributed by atoms with Crippen LogP contribution < -0.4 is 10.5 Å². The Labute approximate surface area is 110 Å². The number of hydrogen-bond donors (Lipinski definition) is 1. The molecule has 0 saturated carbocycles. The van der Waals surface area contributed by atoms with Crippen molar-refractivity contribution in [2.75, 3.05) is 13.2 Å². The molecule has 2 N–H and O–H groups in total. The van der Waals surface area contributed by atoms with Gasteiger partial charge in [0.05, 0.1) is 18.1 Å². The lowest BCUT2D eigenvalue weighted by Gasteiger charge is -2.15. The van der Waals surface area contributed by atoms with Gasteiger partial charge in [0.15, 0.2) is 0 Å². The van der Waals surface area contributed by atoms with Crippen LogP contribution in [0.2, 0.25) is 0 Å². The van der Waals surface area contributed by atoms with E-state index >= 15 is 0 Å². The first-order valence-electron chi connectivity index (χ1n) is 6.41. The highest BCUT2D eigenvalue weighted by atomic mass is 16.5. The van der Waals surface area contributed by atoms with Crippen LogP contribution in [0, 0.1) is 16.7 Å². The van der Waals surface area contributed by atoms with E-state index in [0.717, 1.165) is 30.6 Å². The van der Waals surface area contributed by atoms with Crippen LogP contribution in [-0.4, -0.2) is 13.2 Å². The fourth-order valence-electron chi connectivity index (χ4n) is 1.76.